The van der Waals surface area contributed by atoms with E-state index in [0.717, 1.165) is 55.0 Å². The molecule has 0 unspecified atom stereocenters. The van der Waals surface area contributed by atoms with Crippen LogP contribution >= 0.6 is 0 Å². The zero-order valence-electron chi connectivity index (χ0n) is 19.2. The normalized spacial score (nSPS) is 11.3. The average molecular weight is 459 g/mol. The Morgan fingerprint density at radius 1 is 0.389 bits per heavy atom. The first kappa shape index (κ1) is 20.1. The molecule has 4 heteroatoms. The molecule has 0 N–H and O–H groups in total. The molecule has 0 amide bonds. The molecular formula is C32H18N4. The quantitative estimate of drug-likeness (QED) is 0.230. The van der Waals surface area contributed by atoms with Crippen LogP contribution in [-0.4, -0.2) is 9.13 Å². The molecule has 0 aliphatic heterocycles. The van der Waals surface area contributed by atoms with Gasteiger partial charge in [0, 0.05) is 32.9 Å². The van der Waals surface area contributed by atoms with E-state index in [1.165, 1.54) is 0 Å². The van der Waals surface area contributed by atoms with Gasteiger partial charge in [0.2, 0.25) is 11.4 Å². The predicted molar refractivity (Wildman–Crippen MR) is 148 cm³/mol. The third-order valence-electron chi connectivity index (χ3n) is 6.97. The summed E-state index contributed by atoms with van der Waals surface area (Å²) in [6.45, 7) is 16.3. The van der Waals surface area contributed by atoms with Crippen LogP contribution in [-0.2, 0) is 0 Å². The fourth-order valence-corrected chi connectivity index (χ4v) is 5.50. The van der Waals surface area contributed by atoms with Gasteiger partial charge >= 0.3 is 0 Å². The molecule has 0 radical (unpaired) electrons. The maximum absolute atomic E-state index is 8.15. The molecule has 36 heavy (non-hydrogen) atoms. The Morgan fingerprint density at radius 3 is 0.944 bits per heavy atom. The molecule has 7 aromatic rings. The SMILES string of the molecule is [C-]#[N+]c1c(-n2c3ccccc3c3ccccc32)ccc(-n2c3ccccc3c3ccccc32)c1[N+]#[C-]. The molecule has 0 aliphatic carbocycles. The van der Waals surface area contributed by atoms with Gasteiger partial charge < -0.3 is 9.13 Å². The van der Waals surface area contributed by atoms with E-state index in [1.54, 1.807) is 0 Å². The van der Waals surface area contributed by atoms with Gasteiger partial charge in [-0.05, 0) is 36.4 Å². The number of nitrogens with zero attached hydrogens (tertiary/aromatic N) is 4. The molecule has 7 rings (SSSR count). The summed E-state index contributed by atoms with van der Waals surface area (Å²) >= 11 is 0. The van der Waals surface area contributed by atoms with Crippen molar-refractivity contribution in [3.8, 4) is 11.4 Å². The largest absolute Gasteiger partial charge is 0.320 e. The zero-order chi connectivity index (χ0) is 24.2. The predicted octanol–water partition coefficient (Wildman–Crippen LogP) is 8.98. The minimum Gasteiger partial charge on any atom is -0.320 e. The Kier molecular flexibility index (Phi) is 4.24. The highest BCUT2D eigenvalue weighted by Crippen LogP contribution is 2.45. The van der Waals surface area contributed by atoms with Gasteiger partial charge in [0.15, 0.2) is 0 Å². The molecule has 0 bridgehead atoms. The van der Waals surface area contributed by atoms with Gasteiger partial charge in [-0.25, -0.2) is 9.69 Å². The first-order chi connectivity index (χ1) is 17.8. The van der Waals surface area contributed by atoms with Crippen molar-refractivity contribution in [1.29, 1.82) is 0 Å². The Balaban J connectivity index is 1.60. The number of fused-ring (bicyclic) bond motifs is 6. The van der Waals surface area contributed by atoms with Gasteiger partial charge in [-0.15, -0.1) is 0 Å². The van der Waals surface area contributed by atoms with Crippen LogP contribution in [0.2, 0.25) is 0 Å². The summed E-state index contributed by atoms with van der Waals surface area (Å²) in [7, 11) is 0. The molecular weight excluding hydrogens is 440 g/mol. The number of rotatable bonds is 2. The van der Waals surface area contributed by atoms with Crippen LogP contribution in [0.25, 0.3) is 64.7 Å². The van der Waals surface area contributed by atoms with E-state index in [-0.39, 0.29) is 0 Å². The number of para-hydroxylation sites is 4. The molecule has 0 fully saturated rings. The Bertz CT molecular complexity index is 1820. The summed E-state index contributed by atoms with van der Waals surface area (Å²) in [5.74, 6) is 0. The molecule has 4 nitrogen and oxygen atoms in total. The Hall–Kier alpha value is -5.32. The third kappa shape index (κ3) is 2.61. The second kappa shape index (κ2) is 7.60. The monoisotopic (exact) mass is 458 g/mol. The van der Waals surface area contributed by atoms with Gasteiger partial charge in [-0.2, -0.15) is 0 Å². The highest BCUT2D eigenvalue weighted by Gasteiger charge is 2.22. The van der Waals surface area contributed by atoms with Gasteiger partial charge in [0.05, 0.1) is 35.2 Å². The number of aromatic nitrogens is 2. The van der Waals surface area contributed by atoms with E-state index in [2.05, 4.69) is 67.4 Å². The van der Waals surface area contributed by atoms with Gasteiger partial charge in [-0.1, -0.05) is 72.8 Å². The highest BCUT2D eigenvalue weighted by molar-refractivity contribution is 6.11. The molecule has 0 saturated carbocycles. The van der Waals surface area contributed by atoms with Gasteiger partial charge in [0.25, 0.3) is 0 Å². The van der Waals surface area contributed by atoms with E-state index in [1.807, 2.05) is 60.7 Å². The summed E-state index contributed by atoms with van der Waals surface area (Å²) in [5.41, 5.74) is 6.23. The minimum atomic E-state index is 0.357. The van der Waals surface area contributed by atoms with Crippen LogP contribution < -0.4 is 0 Å². The van der Waals surface area contributed by atoms with Crippen LogP contribution in [0.4, 0.5) is 11.4 Å². The molecule has 5 aromatic carbocycles. The lowest BCUT2D eigenvalue weighted by Crippen LogP contribution is -1.98. The van der Waals surface area contributed by atoms with E-state index in [9.17, 15) is 0 Å². The number of hydrogen-bond donors (Lipinski definition) is 0. The first-order valence-corrected chi connectivity index (χ1v) is 11.7. The second-order valence-electron chi connectivity index (χ2n) is 8.76. The van der Waals surface area contributed by atoms with Crippen molar-refractivity contribution in [2.45, 2.75) is 0 Å². The van der Waals surface area contributed by atoms with Crippen LogP contribution in [0.1, 0.15) is 0 Å². The lowest BCUT2D eigenvalue weighted by Gasteiger charge is -2.16. The number of benzene rings is 5. The van der Waals surface area contributed by atoms with Gasteiger partial charge in [0.1, 0.15) is 0 Å². The highest BCUT2D eigenvalue weighted by atomic mass is 15.0. The van der Waals surface area contributed by atoms with E-state index in [0.29, 0.717) is 11.4 Å². The van der Waals surface area contributed by atoms with Crippen LogP contribution in [0.5, 0.6) is 0 Å². The molecule has 166 valence electrons. The fourth-order valence-electron chi connectivity index (χ4n) is 5.50. The molecule has 0 aliphatic rings. The van der Waals surface area contributed by atoms with Crippen molar-refractivity contribution in [2.24, 2.45) is 0 Å². The molecule has 0 atom stereocenters. The molecule has 0 spiro atoms. The van der Waals surface area contributed by atoms with Crippen LogP contribution in [0.3, 0.4) is 0 Å². The topological polar surface area (TPSA) is 18.6 Å². The molecule has 2 heterocycles. The summed E-state index contributed by atoms with van der Waals surface area (Å²) < 4.78 is 4.23. The van der Waals surface area contributed by atoms with E-state index < -0.39 is 0 Å². The van der Waals surface area contributed by atoms with Crippen molar-refractivity contribution < 1.29 is 0 Å². The Labute approximate surface area is 207 Å². The summed E-state index contributed by atoms with van der Waals surface area (Å²) in [6, 6.07) is 36.9. The van der Waals surface area contributed by atoms with Crippen molar-refractivity contribution in [2.75, 3.05) is 0 Å². The van der Waals surface area contributed by atoms with Crippen molar-refractivity contribution in [1.82, 2.24) is 9.13 Å². The second-order valence-corrected chi connectivity index (χ2v) is 8.76. The lowest BCUT2D eigenvalue weighted by atomic mass is 10.1. The smallest absolute Gasteiger partial charge is 0.220 e. The van der Waals surface area contributed by atoms with Crippen LogP contribution in [0, 0.1) is 13.1 Å². The molecule has 0 saturated heterocycles. The van der Waals surface area contributed by atoms with E-state index in [4.69, 9.17) is 13.1 Å². The van der Waals surface area contributed by atoms with Crippen LogP contribution in [0.15, 0.2) is 109 Å². The summed E-state index contributed by atoms with van der Waals surface area (Å²) in [6.07, 6.45) is 0. The molecule has 2 aromatic heterocycles. The minimum absolute atomic E-state index is 0.357. The van der Waals surface area contributed by atoms with Crippen molar-refractivity contribution in [3.05, 3.63) is 132 Å². The first-order valence-electron chi connectivity index (χ1n) is 11.7. The lowest BCUT2D eigenvalue weighted by molar-refractivity contribution is 1.16. The van der Waals surface area contributed by atoms with E-state index >= 15 is 0 Å². The zero-order valence-corrected chi connectivity index (χ0v) is 19.2. The fraction of sp³-hybridized carbons (Fsp3) is 0. The summed E-state index contributed by atoms with van der Waals surface area (Å²) in [4.78, 5) is 7.89. The van der Waals surface area contributed by atoms with Crippen molar-refractivity contribution >= 4 is 55.0 Å². The third-order valence-corrected chi connectivity index (χ3v) is 6.97. The average Bonchev–Trinajstić information content (AvgIpc) is 3.45. The summed E-state index contributed by atoms with van der Waals surface area (Å²) in [5, 5.41) is 4.50. The maximum atomic E-state index is 8.15. The maximum Gasteiger partial charge on any atom is 0.220 e. The number of hydrogen-bond acceptors (Lipinski definition) is 0. The Morgan fingerprint density at radius 2 is 0.667 bits per heavy atom. The van der Waals surface area contributed by atoms with Crippen molar-refractivity contribution in [3.63, 3.8) is 0 Å². The van der Waals surface area contributed by atoms with Gasteiger partial charge in [-0.3, -0.25) is 0 Å². The standard InChI is InChI=1S/C32H18N4/c1-33-31-29(35-25-15-7-3-11-21(25)22-12-4-8-16-26(22)35)19-20-30(32(31)34-2)36-27-17-9-5-13-23(27)24-14-6-10-18-28(24)36/h3-20H.